The van der Waals surface area contributed by atoms with Crippen molar-refractivity contribution in [1.29, 1.82) is 0 Å². The maximum atomic E-state index is 13.8. The van der Waals surface area contributed by atoms with E-state index in [1.807, 2.05) is 104 Å². The Morgan fingerprint density at radius 3 is 1.61 bits per heavy atom. The predicted octanol–water partition coefficient (Wildman–Crippen LogP) is 8.47. The van der Waals surface area contributed by atoms with Crippen molar-refractivity contribution < 1.29 is 72.6 Å². The zero-order valence-electron chi connectivity index (χ0n) is 66.1. The molecule has 0 aliphatic carbocycles. The lowest BCUT2D eigenvalue weighted by Gasteiger charge is -2.28. The third-order valence-corrected chi connectivity index (χ3v) is 18.2. The van der Waals surface area contributed by atoms with Crippen LogP contribution in [0.3, 0.4) is 0 Å². The van der Waals surface area contributed by atoms with Crippen molar-refractivity contribution in [3.63, 3.8) is 0 Å². The van der Waals surface area contributed by atoms with Crippen LogP contribution in [0.4, 0.5) is 20.8 Å². The SMILES string of the molecule is CCOCc1nc2c(N)nc3ccccc3c2n1CC(C)(C)OCCNC(=O)C(C)(C)CC(=O)OCc1ccc(CC(=O)[C@H](CCCNC(N)=O)NC(=O)[C@@H](CC(=O)CCCCCN2C(=O)C=CC2=O)C(C)C)cc1.CCOCc1nc2c(N)nc3ccccc3c2n1CC(C)(C)OCCNC(=O)C(C)(C)N.[2H]CF. The number of nitrogens with zero attached hydrogens (tertiary/aromatic N) is 7. The largest absolute Gasteiger partial charge is 0.461 e. The molecule has 1 aliphatic rings. The summed E-state index contributed by atoms with van der Waals surface area (Å²) < 4.78 is 49.1. The van der Waals surface area contributed by atoms with Gasteiger partial charge in [0.25, 0.3) is 11.8 Å². The van der Waals surface area contributed by atoms with E-state index in [-0.39, 0.29) is 113 Å². The van der Waals surface area contributed by atoms with E-state index in [1.165, 1.54) is 12.2 Å². The van der Waals surface area contributed by atoms with Gasteiger partial charge in [-0.1, -0.05) is 94.8 Å². The first-order chi connectivity index (χ1) is 52.0. The fourth-order valence-corrected chi connectivity index (χ4v) is 12.3. The van der Waals surface area contributed by atoms with E-state index in [0.717, 1.165) is 43.6 Å². The smallest absolute Gasteiger partial charge is 0.312 e. The number of nitrogen functional groups attached to an aromatic ring is 2. The number of para-hydroxylation sites is 2. The molecule has 0 bridgehead atoms. The number of carbonyl (C=O) groups excluding carboxylic acids is 9. The second-order valence-corrected chi connectivity index (χ2v) is 29.6. The minimum atomic E-state index is -1.10. The van der Waals surface area contributed by atoms with E-state index in [1.54, 1.807) is 52.0 Å². The van der Waals surface area contributed by atoms with Gasteiger partial charge in [-0.2, -0.15) is 0 Å². The number of ketones is 2. The second-order valence-electron chi connectivity index (χ2n) is 29.6. The molecule has 4 aromatic heterocycles. The summed E-state index contributed by atoms with van der Waals surface area (Å²) in [6, 6.07) is 20.9. The number of anilines is 2. The van der Waals surface area contributed by atoms with E-state index in [0.29, 0.717) is 111 Å². The number of unbranched alkanes of at least 4 members (excludes halogenated alkanes) is 2. The van der Waals surface area contributed by atoms with Crippen LogP contribution in [-0.2, 0) is 101 Å². The Morgan fingerprint density at radius 1 is 0.633 bits per heavy atom. The Kier molecular flexibility index (Phi) is 32.5. The number of nitrogens with two attached hydrogens (primary N) is 4. The van der Waals surface area contributed by atoms with E-state index in [2.05, 4.69) is 40.4 Å². The summed E-state index contributed by atoms with van der Waals surface area (Å²) in [6.07, 6.45) is 4.77. The first kappa shape index (κ1) is 86.4. The topological polar surface area (TPSA) is 417 Å². The number of imidazole rings is 2. The predicted molar refractivity (Wildman–Crippen MR) is 415 cm³/mol. The van der Waals surface area contributed by atoms with E-state index >= 15 is 0 Å². The number of carbonyl (C=O) groups is 9. The highest BCUT2D eigenvalue weighted by atomic mass is 19.1. The number of hydrogen-bond donors (Lipinski definition) is 8. The van der Waals surface area contributed by atoms with Crippen molar-refractivity contribution in [3.05, 3.63) is 108 Å². The molecule has 8 rings (SSSR count). The molecule has 3 aromatic carbocycles. The zero-order chi connectivity index (χ0) is 81.1. The Hall–Kier alpha value is -9.88. The molecule has 29 nitrogen and oxygen atoms in total. The summed E-state index contributed by atoms with van der Waals surface area (Å²) in [5, 5.41) is 12.9. The fraction of sp³-hybridized carbons (Fsp3) is 0.532. The number of primary amides is 1. The first-order valence-corrected chi connectivity index (χ1v) is 36.9. The lowest BCUT2D eigenvalue weighted by molar-refractivity contribution is -0.150. The minimum absolute atomic E-state index is 0.0102. The second kappa shape index (κ2) is 41.1. The highest BCUT2D eigenvalue weighted by molar-refractivity contribution is 6.13. The fourth-order valence-electron chi connectivity index (χ4n) is 12.3. The standard InChI is InChI=1S/C55H75N9O11.C23H34N6O3.CH3F/c1-8-73-33-44-62-48-49(39-16-11-12-17-41(39)60-50(48)56)64(44)34-55(6,7)75-28-26-58-52(71)54(4,5)31-47(69)74-32-37-21-19-36(20-22-37)29-43(66)42(18-14-25-59-53(57)72)61-51(70)40(35(2)3)30-38(65)15-10-9-13-27-63-45(67)23-24-46(63)68;1-6-31-13-17-28-18-19(15-9-7-8-10-16(15)27-20(18)24)29(17)14-22(2,3)32-12-11-26-21(30)23(4,5)25;1-2/h11-12,16-17,19-24,35,40,42H,8-10,13-15,18,25-34H2,1-7H3,(H2,56,60)(H,58,71)(H,61,70)(H3,57,59,72);7-10H,6,11-14,25H2,1-5H3,(H2,24,27)(H,26,30);1H3/t40-,42-;;/m0../s1/i;;1D. The number of aromatic nitrogens is 6. The van der Waals surface area contributed by atoms with Crippen LogP contribution in [0.2, 0.25) is 0 Å². The van der Waals surface area contributed by atoms with Gasteiger partial charge >= 0.3 is 12.0 Å². The Balaban J connectivity index is 0.000000445. The van der Waals surface area contributed by atoms with Gasteiger partial charge in [0.05, 0.1) is 91.5 Å². The molecule has 0 unspecified atom stereocenters. The molecule has 0 saturated carbocycles. The van der Waals surface area contributed by atoms with Gasteiger partial charge in [-0.3, -0.25) is 47.6 Å². The van der Waals surface area contributed by atoms with Gasteiger partial charge < -0.3 is 77.0 Å². The number of ether oxygens (including phenoxy) is 5. The Bertz CT molecular complexity index is 4330. The number of pyridine rings is 2. The van der Waals surface area contributed by atoms with E-state index in [4.69, 9.17) is 58.0 Å². The molecule has 109 heavy (non-hydrogen) atoms. The summed E-state index contributed by atoms with van der Waals surface area (Å²) in [5.74, 6) is -1.34. The molecule has 30 heteroatoms. The van der Waals surface area contributed by atoms with Crippen molar-refractivity contribution in [2.75, 3.05) is 71.2 Å². The van der Waals surface area contributed by atoms with Gasteiger partial charge in [-0.05, 0) is 110 Å². The molecule has 7 amide bonds. The molecule has 1 aliphatic heterocycles. The molecule has 0 spiro atoms. The van der Waals surface area contributed by atoms with Crippen LogP contribution in [0.5, 0.6) is 0 Å². The molecular weight excluding hydrogens is 1400 g/mol. The van der Waals surface area contributed by atoms with Crippen molar-refractivity contribution in [2.45, 2.75) is 197 Å². The lowest BCUT2D eigenvalue weighted by Crippen LogP contribution is -2.50. The number of alkyl halides is 1. The Labute approximate surface area is 638 Å². The molecule has 0 fully saturated rings. The number of amides is 7. The summed E-state index contributed by atoms with van der Waals surface area (Å²) in [5.41, 5.74) is 26.3. The van der Waals surface area contributed by atoms with Crippen molar-refractivity contribution in [3.8, 4) is 0 Å². The third kappa shape index (κ3) is 26.2. The lowest BCUT2D eigenvalue weighted by atomic mass is 9.88. The average Bonchev–Trinajstić information content (AvgIpc) is 1.59. The molecule has 7 aromatic rings. The number of halogens is 1. The number of urea groups is 1. The van der Waals surface area contributed by atoms with Gasteiger partial charge in [-0.25, -0.2) is 24.7 Å². The van der Waals surface area contributed by atoms with Gasteiger partial charge in [0, 0.05) is 87.5 Å². The molecule has 2 atom stereocenters. The number of benzene rings is 3. The molecule has 12 N–H and O–H groups in total. The van der Waals surface area contributed by atoms with Crippen LogP contribution < -0.4 is 44.2 Å². The molecular formula is C79H112FN15O14. The highest BCUT2D eigenvalue weighted by Gasteiger charge is 2.34. The van der Waals surface area contributed by atoms with Crippen molar-refractivity contribution in [1.82, 2.24) is 55.2 Å². The monoisotopic (exact) mass is 1510 g/mol. The van der Waals surface area contributed by atoms with Crippen LogP contribution >= 0.6 is 0 Å². The number of rotatable bonds is 42. The molecule has 0 saturated heterocycles. The number of imide groups is 1. The van der Waals surface area contributed by atoms with Gasteiger partial charge in [0.15, 0.2) is 17.4 Å². The summed E-state index contributed by atoms with van der Waals surface area (Å²) >= 11 is 0. The number of fused-ring (bicyclic) bond motifs is 6. The van der Waals surface area contributed by atoms with Gasteiger partial charge in [0.2, 0.25) is 17.7 Å². The highest BCUT2D eigenvalue weighted by Crippen LogP contribution is 2.33. The van der Waals surface area contributed by atoms with Gasteiger partial charge in [-0.15, -0.1) is 0 Å². The van der Waals surface area contributed by atoms with Crippen LogP contribution in [0.15, 0.2) is 84.9 Å². The molecule has 0 radical (unpaired) electrons. The van der Waals surface area contributed by atoms with Crippen LogP contribution in [0, 0.1) is 17.3 Å². The molecule has 594 valence electrons. The normalized spacial score (nSPS) is 13.2. The third-order valence-electron chi connectivity index (χ3n) is 18.2. The van der Waals surface area contributed by atoms with E-state index in [9.17, 15) is 47.5 Å². The first-order valence-electron chi connectivity index (χ1n) is 37.6. The Morgan fingerprint density at radius 2 is 1.13 bits per heavy atom. The summed E-state index contributed by atoms with van der Waals surface area (Å²) in [6.45, 7) is 26.3. The van der Waals surface area contributed by atoms with Crippen LogP contribution in [0.1, 0.15) is 159 Å². The van der Waals surface area contributed by atoms with Crippen LogP contribution in [-0.4, -0.2) is 170 Å². The maximum absolute atomic E-state index is 13.8. The van der Waals surface area contributed by atoms with E-state index < -0.39 is 59.2 Å². The number of nitrogens with one attached hydrogen (secondary N) is 4. The minimum Gasteiger partial charge on any atom is -0.461 e. The quantitative estimate of drug-likeness (QED) is 0.0101. The number of hydrogen-bond acceptors (Lipinski definition) is 21. The van der Waals surface area contributed by atoms with Crippen molar-refractivity contribution in [2.24, 2.45) is 28.7 Å². The number of esters is 1. The van der Waals surface area contributed by atoms with Gasteiger partial charge in [0.1, 0.15) is 48.3 Å². The maximum Gasteiger partial charge on any atom is 0.312 e. The van der Waals surface area contributed by atoms with Crippen LogP contribution in [0.25, 0.3) is 43.9 Å². The molecule has 5 heterocycles. The zero-order valence-corrected chi connectivity index (χ0v) is 65.1. The summed E-state index contributed by atoms with van der Waals surface area (Å²) in [4.78, 5) is 133. The van der Waals surface area contributed by atoms with Crippen molar-refractivity contribution >= 4 is 109 Å². The number of Topliss-reactive ketones (excluding diaryl/α,β-unsaturated/α-hetero) is 2. The summed E-state index contributed by atoms with van der Waals surface area (Å²) in [7, 11) is -1.00. The average molecular weight is 1520 g/mol.